The van der Waals surface area contributed by atoms with Crippen molar-refractivity contribution in [3.63, 3.8) is 0 Å². The first-order valence-corrected chi connectivity index (χ1v) is 9.61. The second kappa shape index (κ2) is 8.99. The summed E-state index contributed by atoms with van der Waals surface area (Å²) in [6.07, 6.45) is 2.84. The molecule has 0 atom stereocenters. The lowest BCUT2D eigenvalue weighted by Gasteiger charge is -2.05. The first-order valence-electron chi connectivity index (χ1n) is 8.04. The van der Waals surface area contributed by atoms with Crippen LogP contribution in [0.15, 0.2) is 58.5 Å². The lowest BCUT2D eigenvalue weighted by molar-refractivity contribution is 0.100. The van der Waals surface area contributed by atoms with Crippen molar-refractivity contribution in [1.29, 1.82) is 0 Å². The van der Waals surface area contributed by atoms with E-state index >= 15 is 0 Å². The number of hydrogen-bond acceptors (Lipinski definition) is 5. The Morgan fingerprint density at radius 2 is 1.96 bits per heavy atom. The molecular weight excluding hydrogens is 394 g/mol. The zero-order valence-electron chi connectivity index (χ0n) is 14.6. The Hall–Kier alpha value is -3.41. The number of thiophene rings is 1. The molecule has 0 unspecified atom stereocenters. The van der Waals surface area contributed by atoms with Crippen LogP contribution in [0, 0.1) is 18.8 Å². The van der Waals surface area contributed by atoms with E-state index in [-0.39, 0.29) is 22.9 Å². The summed E-state index contributed by atoms with van der Waals surface area (Å²) in [5.41, 5.74) is 2.97. The number of rotatable bonds is 3. The normalized spacial score (nSPS) is 9.75. The van der Waals surface area contributed by atoms with Crippen LogP contribution in [0.2, 0.25) is 0 Å². The number of hydrogen-bond donors (Lipinski definition) is 1. The van der Waals surface area contributed by atoms with E-state index < -0.39 is 5.91 Å². The van der Waals surface area contributed by atoms with E-state index in [0.717, 1.165) is 5.56 Å². The maximum absolute atomic E-state index is 12.3. The third-order valence-corrected chi connectivity index (χ3v) is 4.90. The van der Waals surface area contributed by atoms with Gasteiger partial charge in [0.25, 0.3) is 11.8 Å². The van der Waals surface area contributed by atoms with Crippen LogP contribution in [0.25, 0.3) is 0 Å². The lowest BCUT2D eigenvalue weighted by Crippen LogP contribution is -2.11. The number of carbonyl (C=O) groups is 2. The number of amides is 2. The summed E-state index contributed by atoms with van der Waals surface area (Å²) in [7, 11) is 0. The van der Waals surface area contributed by atoms with Crippen molar-refractivity contribution in [2.45, 2.75) is 6.92 Å². The molecule has 0 aliphatic rings. The van der Waals surface area contributed by atoms with Crippen molar-refractivity contribution in [2.24, 2.45) is 4.36 Å². The predicted molar refractivity (Wildman–Crippen MR) is 109 cm³/mol. The van der Waals surface area contributed by atoms with Crippen molar-refractivity contribution < 1.29 is 13.8 Å². The summed E-state index contributed by atoms with van der Waals surface area (Å²) in [5, 5.41) is 4.74. The molecule has 0 bridgehead atoms. The Bertz CT molecular complexity index is 1170. The Kier molecular flexibility index (Phi) is 6.22. The van der Waals surface area contributed by atoms with Crippen LogP contribution in [0.3, 0.4) is 0 Å². The molecule has 2 aromatic heterocycles. The van der Waals surface area contributed by atoms with Crippen molar-refractivity contribution in [2.75, 3.05) is 5.32 Å². The summed E-state index contributed by atoms with van der Waals surface area (Å²) in [6.45, 7) is 1.89. The van der Waals surface area contributed by atoms with Gasteiger partial charge in [-0.15, -0.1) is 15.7 Å². The molecule has 0 saturated heterocycles. The Morgan fingerprint density at radius 1 is 1.14 bits per heavy atom. The molecule has 1 aromatic carbocycles. The molecule has 3 rings (SSSR count). The fraction of sp³-hybridized carbons (Fsp3) is 0.0500. The summed E-state index contributed by atoms with van der Waals surface area (Å²) < 4.78 is 13.6. The quantitative estimate of drug-likeness (QED) is 0.672. The van der Waals surface area contributed by atoms with E-state index in [1.54, 1.807) is 18.2 Å². The minimum Gasteiger partial charge on any atom is -0.321 e. The zero-order chi connectivity index (χ0) is 19.9. The molecule has 2 amide bonds. The van der Waals surface area contributed by atoms with Crippen LogP contribution >= 0.6 is 11.3 Å². The third kappa shape index (κ3) is 4.85. The third-order valence-electron chi connectivity index (χ3n) is 3.65. The fourth-order valence-electron chi connectivity index (χ4n) is 2.32. The van der Waals surface area contributed by atoms with Crippen LogP contribution in [0.5, 0.6) is 0 Å². The summed E-state index contributed by atoms with van der Waals surface area (Å²) in [5.74, 6) is 5.08. The van der Waals surface area contributed by atoms with Gasteiger partial charge in [-0.25, -0.2) is 0 Å². The van der Waals surface area contributed by atoms with Crippen LogP contribution < -0.4 is 5.32 Å². The molecule has 6 nitrogen and oxygen atoms in total. The number of carbonyl (C=O) groups excluding carboxylic acids is 2. The molecule has 28 heavy (non-hydrogen) atoms. The van der Waals surface area contributed by atoms with Gasteiger partial charge in [0.2, 0.25) is 11.5 Å². The Morgan fingerprint density at radius 3 is 2.71 bits per heavy atom. The molecule has 0 radical (unpaired) electrons. The van der Waals surface area contributed by atoms with E-state index in [1.807, 2.05) is 24.4 Å². The average molecular weight is 407 g/mol. The van der Waals surface area contributed by atoms with E-state index in [4.69, 9.17) is 0 Å². The summed E-state index contributed by atoms with van der Waals surface area (Å²) in [6, 6.07) is 10.6. The first kappa shape index (κ1) is 19.4. The molecule has 3 aromatic rings. The standard InChI is InChI=1S/C20H13N3O3S2/c1-13-7-8-27-18(13)20(25)22-17-4-2-3-14(10-17)5-6-15-9-16(12-21-11-15)19(24)23-28-26/h2-4,7-12H,1H3,(H,22,25). The topological polar surface area (TPSA) is 88.5 Å². The molecular formula is C20H13N3O3S2. The zero-order valence-corrected chi connectivity index (χ0v) is 16.3. The van der Waals surface area contributed by atoms with E-state index in [0.29, 0.717) is 21.7 Å². The highest BCUT2D eigenvalue weighted by Crippen LogP contribution is 2.18. The largest absolute Gasteiger partial charge is 0.321 e. The van der Waals surface area contributed by atoms with Gasteiger partial charge in [-0.2, -0.15) is 4.21 Å². The van der Waals surface area contributed by atoms with Crippen LogP contribution in [0.4, 0.5) is 5.69 Å². The molecule has 8 heteroatoms. The molecule has 0 fully saturated rings. The number of aryl methyl sites for hydroxylation is 1. The second-order valence-electron chi connectivity index (χ2n) is 5.65. The van der Waals surface area contributed by atoms with Crippen molar-refractivity contribution >= 4 is 40.3 Å². The van der Waals surface area contributed by atoms with Crippen LogP contribution in [0.1, 0.15) is 36.7 Å². The van der Waals surface area contributed by atoms with E-state index in [9.17, 15) is 13.8 Å². The van der Waals surface area contributed by atoms with E-state index in [1.165, 1.54) is 29.8 Å². The minimum atomic E-state index is -0.648. The van der Waals surface area contributed by atoms with Gasteiger partial charge in [0.05, 0.1) is 10.4 Å². The molecule has 0 aliphatic heterocycles. The number of benzene rings is 1. The molecule has 0 saturated carbocycles. The molecule has 2 heterocycles. The van der Waals surface area contributed by atoms with Crippen LogP contribution in [-0.2, 0) is 11.5 Å². The lowest BCUT2D eigenvalue weighted by atomic mass is 10.1. The van der Waals surface area contributed by atoms with Gasteiger partial charge in [0.1, 0.15) is 0 Å². The van der Waals surface area contributed by atoms with Crippen LogP contribution in [-0.4, -0.2) is 21.0 Å². The number of nitrogens with one attached hydrogen (secondary N) is 1. The van der Waals surface area contributed by atoms with Crippen molar-refractivity contribution in [3.05, 3.63) is 81.3 Å². The van der Waals surface area contributed by atoms with Crippen molar-refractivity contribution in [3.8, 4) is 11.8 Å². The molecule has 138 valence electrons. The van der Waals surface area contributed by atoms with Gasteiger partial charge < -0.3 is 5.32 Å². The summed E-state index contributed by atoms with van der Waals surface area (Å²) >= 11 is 1.25. The van der Waals surface area contributed by atoms with Gasteiger partial charge in [0.15, 0.2) is 0 Å². The average Bonchev–Trinajstić information content (AvgIpc) is 3.13. The molecule has 0 spiro atoms. The minimum absolute atomic E-state index is 0.145. The number of anilines is 1. The Labute approximate surface area is 168 Å². The molecule has 0 aliphatic carbocycles. The maximum atomic E-state index is 12.3. The number of pyridine rings is 1. The number of nitrogens with zero attached hydrogens (tertiary/aromatic N) is 2. The van der Waals surface area contributed by atoms with Gasteiger partial charge in [-0.05, 0) is 48.2 Å². The number of aromatic nitrogens is 1. The van der Waals surface area contributed by atoms with Gasteiger partial charge in [-0.3, -0.25) is 14.6 Å². The second-order valence-corrected chi connectivity index (χ2v) is 6.90. The summed E-state index contributed by atoms with van der Waals surface area (Å²) in [4.78, 5) is 28.6. The molecule has 1 N–H and O–H groups in total. The van der Waals surface area contributed by atoms with Gasteiger partial charge in [0, 0.05) is 29.2 Å². The predicted octanol–water partition coefficient (Wildman–Crippen LogP) is 3.64. The van der Waals surface area contributed by atoms with Gasteiger partial charge >= 0.3 is 0 Å². The highest BCUT2D eigenvalue weighted by molar-refractivity contribution is 7.55. The van der Waals surface area contributed by atoms with Gasteiger partial charge in [-0.1, -0.05) is 17.9 Å². The maximum Gasteiger partial charge on any atom is 0.291 e. The van der Waals surface area contributed by atoms with E-state index in [2.05, 4.69) is 26.5 Å². The van der Waals surface area contributed by atoms with Crippen molar-refractivity contribution in [1.82, 2.24) is 4.98 Å². The Balaban J connectivity index is 1.78. The highest BCUT2D eigenvalue weighted by atomic mass is 32.1. The SMILES string of the molecule is Cc1ccsc1C(=O)Nc1cccc(C#Cc2cncc(C(=O)N=S=O)c2)c1. The fourth-order valence-corrected chi connectivity index (χ4v) is 3.32. The first-order chi connectivity index (χ1) is 13.6. The smallest absolute Gasteiger partial charge is 0.291 e. The monoisotopic (exact) mass is 407 g/mol. The highest BCUT2D eigenvalue weighted by Gasteiger charge is 2.10.